The van der Waals surface area contributed by atoms with E-state index in [2.05, 4.69) is 56.7 Å². The Morgan fingerprint density at radius 3 is 2.43 bits per heavy atom. The fourth-order valence-electron chi connectivity index (χ4n) is 3.28. The van der Waals surface area contributed by atoms with E-state index in [0.29, 0.717) is 45.2 Å². The van der Waals surface area contributed by atoms with Gasteiger partial charge in [-0.3, -0.25) is 4.99 Å². The van der Waals surface area contributed by atoms with Crippen molar-refractivity contribution in [1.29, 1.82) is 0 Å². The number of hydrogen-bond donors (Lipinski definition) is 2. The largest absolute Gasteiger partial charge is 0.355 e. The first-order chi connectivity index (χ1) is 14.5. The molecule has 2 heterocycles. The van der Waals surface area contributed by atoms with E-state index in [1.54, 1.807) is 17.5 Å². The molecule has 162 valence electrons. The molecule has 3 rings (SSSR count). The van der Waals surface area contributed by atoms with Gasteiger partial charge in [0.2, 0.25) is 10.0 Å². The monoisotopic (exact) mass is 430 g/mol. The van der Waals surface area contributed by atoms with E-state index in [4.69, 9.17) is 0 Å². The summed E-state index contributed by atoms with van der Waals surface area (Å²) in [6.45, 7) is 5.21. The van der Waals surface area contributed by atoms with Gasteiger partial charge in [0, 0.05) is 52.5 Å². The molecule has 1 aliphatic rings. The average molecular weight is 431 g/mol. The number of nitrogens with zero attached hydrogens (tertiary/aromatic N) is 4. The Morgan fingerprint density at radius 2 is 1.80 bits per heavy atom. The summed E-state index contributed by atoms with van der Waals surface area (Å²) in [6.07, 6.45) is 1.75. The maximum atomic E-state index is 12.7. The molecule has 1 aromatic heterocycles. The van der Waals surface area contributed by atoms with E-state index >= 15 is 0 Å². The molecule has 1 aliphatic heterocycles. The Kier molecular flexibility index (Phi) is 7.64. The Labute approximate surface area is 179 Å². The highest BCUT2D eigenvalue weighted by atomic mass is 32.2. The highest BCUT2D eigenvalue weighted by Crippen LogP contribution is 2.14. The zero-order chi connectivity index (χ0) is 21.4. The number of hydrogen-bond acceptors (Lipinski definition) is 5. The van der Waals surface area contributed by atoms with Crippen LogP contribution in [0.4, 0.5) is 5.82 Å². The molecule has 0 unspecified atom stereocenters. The van der Waals surface area contributed by atoms with Crippen LogP contribution in [0.2, 0.25) is 0 Å². The van der Waals surface area contributed by atoms with E-state index in [-0.39, 0.29) is 5.75 Å². The second-order valence-electron chi connectivity index (χ2n) is 7.23. The molecular formula is C21H30N6O2S. The van der Waals surface area contributed by atoms with Crippen LogP contribution < -0.4 is 15.5 Å². The first kappa shape index (κ1) is 22.0. The Bertz CT molecular complexity index is 924. The average Bonchev–Trinajstić information content (AvgIpc) is 2.78. The van der Waals surface area contributed by atoms with Crippen LogP contribution >= 0.6 is 0 Å². The maximum Gasteiger partial charge on any atom is 0.215 e. The minimum absolute atomic E-state index is 0.0296. The van der Waals surface area contributed by atoms with Gasteiger partial charge in [0.15, 0.2) is 5.96 Å². The van der Waals surface area contributed by atoms with Gasteiger partial charge in [0.05, 0.1) is 5.75 Å². The number of nitrogens with one attached hydrogen (secondary N) is 2. The van der Waals surface area contributed by atoms with Crippen molar-refractivity contribution in [2.75, 3.05) is 50.4 Å². The van der Waals surface area contributed by atoms with Crippen LogP contribution in [0.3, 0.4) is 0 Å². The number of guanidine groups is 1. The molecule has 0 aliphatic carbocycles. The highest BCUT2D eigenvalue weighted by Gasteiger charge is 2.27. The molecule has 2 aromatic rings. The number of pyridine rings is 1. The first-order valence-electron chi connectivity index (χ1n) is 10.1. The zero-order valence-corrected chi connectivity index (χ0v) is 18.4. The third-order valence-electron chi connectivity index (χ3n) is 5.06. The third kappa shape index (κ3) is 6.17. The molecule has 8 nitrogen and oxygen atoms in total. The Balaban J connectivity index is 1.42. The van der Waals surface area contributed by atoms with Crippen LogP contribution in [-0.4, -0.2) is 69.2 Å². The molecule has 0 atom stereocenters. The number of benzene rings is 1. The number of aryl methyl sites for hydroxylation is 1. The number of sulfonamides is 1. The van der Waals surface area contributed by atoms with Gasteiger partial charge in [-0.1, -0.05) is 35.9 Å². The molecule has 30 heavy (non-hydrogen) atoms. The molecular weight excluding hydrogens is 400 g/mol. The van der Waals surface area contributed by atoms with Gasteiger partial charge in [0.1, 0.15) is 5.82 Å². The normalized spacial score (nSPS) is 15.8. The van der Waals surface area contributed by atoms with Gasteiger partial charge in [0.25, 0.3) is 0 Å². The summed E-state index contributed by atoms with van der Waals surface area (Å²) in [5.41, 5.74) is 2.36. The number of aromatic nitrogens is 1. The molecule has 2 N–H and O–H groups in total. The summed E-state index contributed by atoms with van der Waals surface area (Å²) >= 11 is 0. The summed E-state index contributed by atoms with van der Waals surface area (Å²) in [7, 11) is -1.65. The molecule has 0 amide bonds. The molecule has 0 radical (unpaired) electrons. The Morgan fingerprint density at radius 1 is 1.07 bits per heavy atom. The van der Waals surface area contributed by atoms with Crippen molar-refractivity contribution in [2.24, 2.45) is 4.99 Å². The van der Waals surface area contributed by atoms with Crippen LogP contribution in [0.5, 0.6) is 0 Å². The smallest absolute Gasteiger partial charge is 0.215 e. The van der Waals surface area contributed by atoms with E-state index in [0.717, 1.165) is 11.4 Å². The fraction of sp³-hybridized carbons (Fsp3) is 0.429. The lowest BCUT2D eigenvalue weighted by Crippen LogP contribution is -2.50. The van der Waals surface area contributed by atoms with E-state index in [1.165, 1.54) is 5.56 Å². The summed E-state index contributed by atoms with van der Waals surface area (Å²) in [5.74, 6) is 1.51. The summed E-state index contributed by atoms with van der Waals surface area (Å²) < 4.78 is 27.0. The van der Waals surface area contributed by atoms with Gasteiger partial charge >= 0.3 is 0 Å². The van der Waals surface area contributed by atoms with Crippen LogP contribution in [0.1, 0.15) is 11.1 Å². The van der Waals surface area contributed by atoms with Crippen molar-refractivity contribution in [3.05, 3.63) is 59.8 Å². The number of anilines is 1. The van der Waals surface area contributed by atoms with Crippen LogP contribution in [-0.2, 0) is 16.6 Å². The predicted octanol–water partition coefficient (Wildman–Crippen LogP) is 1.21. The second kappa shape index (κ2) is 10.4. The third-order valence-corrected chi connectivity index (χ3v) is 6.93. The topological polar surface area (TPSA) is 89.9 Å². The van der Waals surface area contributed by atoms with Crippen molar-refractivity contribution >= 4 is 21.8 Å². The zero-order valence-electron chi connectivity index (χ0n) is 17.6. The van der Waals surface area contributed by atoms with E-state index in [1.807, 2.05) is 18.2 Å². The maximum absolute atomic E-state index is 12.7. The second-order valence-corrected chi connectivity index (χ2v) is 9.32. The predicted molar refractivity (Wildman–Crippen MR) is 121 cm³/mol. The minimum Gasteiger partial charge on any atom is -0.355 e. The lowest BCUT2D eigenvalue weighted by Gasteiger charge is -2.34. The minimum atomic E-state index is -3.32. The SMILES string of the molecule is CN=C(NCCS(=O)(=O)N1CCN(c2ccccn2)CC1)NCc1ccc(C)cc1. The highest BCUT2D eigenvalue weighted by molar-refractivity contribution is 7.89. The van der Waals surface area contributed by atoms with Gasteiger partial charge in [-0.25, -0.2) is 13.4 Å². The summed E-state index contributed by atoms with van der Waals surface area (Å²) in [4.78, 5) is 10.6. The standard InChI is InChI=1S/C21H30N6O2S/c1-18-6-8-19(9-7-18)17-25-21(22-2)24-11-16-30(28,29)27-14-12-26(13-15-27)20-5-3-4-10-23-20/h3-10H,11-17H2,1-2H3,(H2,22,24,25). The Hall–Kier alpha value is -2.65. The molecule has 0 spiro atoms. The molecule has 0 bridgehead atoms. The quantitative estimate of drug-likeness (QED) is 0.507. The number of aliphatic imine (C=N–C) groups is 1. The van der Waals surface area contributed by atoms with Gasteiger partial charge < -0.3 is 15.5 Å². The molecule has 1 fully saturated rings. The molecule has 0 saturated carbocycles. The number of rotatable bonds is 7. The molecule has 9 heteroatoms. The number of piperazine rings is 1. The van der Waals surface area contributed by atoms with Crippen molar-refractivity contribution in [2.45, 2.75) is 13.5 Å². The van der Waals surface area contributed by atoms with Gasteiger partial charge in [-0.2, -0.15) is 4.31 Å². The van der Waals surface area contributed by atoms with Crippen molar-refractivity contribution in [3.63, 3.8) is 0 Å². The van der Waals surface area contributed by atoms with E-state index in [9.17, 15) is 8.42 Å². The summed E-state index contributed by atoms with van der Waals surface area (Å²) in [6, 6.07) is 14.0. The molecule has 1 aromatic carbocycles. The van der Waals surface area contributed by atoms with Crippen LogP contribution in [0.25, 0.3) is 0 Å². The van der Waals surface area contributed by atoms with Gasteiger partial charge in [-0.15, -0.1) is 0 Å². The van der Waals surface area contributed by atoms with Crippen LogP contribution in [0, 0.1) is 6.92 Å². The van der Waals surface area contributed by atoms with Crippen molar-refractivity contribution in [3.8, 4) is 0 Å². The molecule has 1 saturated heterocycles. The lowest BCUT2D eigenvalue weighted by molar-refractivity contribution is 0.384. The first-order valence-corrected chi connectivity index (χ1v) is 11.7. The van der Waals surface area contributed by atoms with Crippen molar-refractivity contribution < 1.29 is 8.42 Å². The van der Waals surface area contributed by atoms with Crippen molar-refractivity contribution in [1.82, 2.24) is 19.9 Å². The summed E-state index contributed by atoms with van der Waals surface area (Å²) in [5, 5.41) is 6.31. The van der Waals surface area contributed by atoms with Crippen LogP contribution in [0.15, 0.2) is 53.7 Å². The lowest BCUT2D eigenvalue weighted by atomic mass is 10.1. The van der Waals surface area contributed by atoms with Gasteiger partial charge in [-0.05, 0) is 24.6 Å². The van der Waals surface area contributed by atoms with E-state index < -0.39 is 10.0 Å². The fourth-order valence-corrected chi connectivity index (χ4v) is 4.61.